The molecule has 0 heterocycles. The Hall–Kier alpha value is 0.240. The summed E-state index contributed by atoms with van der Waals surface area (Å²) < 4.78 is 1.01. The lowest BCUT2D eigenvalue weighted by Gasteiger charge is -2.07. The van der Waals surface area contributed by atoms with Crippen molar-refractivity contribution in [3.63, 3.8) is 0 Å². The number of thioether (sulfide) groups is 1. The molecule has 0 aliphatic carbocycles. The van der Waals surface area contributed by atoms with Crippen LogP contribution in [0.1, 0.15) is 117 Å². The Balaban J connectivity index is 3.13. The van der Waals surface area contributed by atoms with Gasteiger partial charge in [0, 0.05) is 12.3 Å². The van der Waals surface area contributed by atoms with Crippen LogP contribution in [-0.4, -0.2) is 16.6 Å². The molecular formula is C21H43NS2. The molecule has 0 amide bonds. The summed E-state index contributed by atoms with van der Waals surface area (Å²) in [5.74, 6) is 1.19. The lowest BCUT2D eigenvalue weighted by molar-refractivity contribution is 0.573. The highest BCUT2D eigenvalue weighted by Gasteiger charge is 1.98. The quantitative estimate of drug-likeness (QED) is 0.194. The van der Waals surface area contributed by atoms with Crippen molar-refractivity contribution < 1.29 is 0 Å². The SMILES string of the molecule is CCCCCCCCCCNC(=S)SCCCCCCCCCC. The van der Waals surface area contributed by atoms with E-state index in [4.69, 9.17) is 12.2 Å². The van der Waals surface area contributed by atoms with Gasteiger partial charge in [0.25, 0.3) is 0 Å². The molecule has 0 rings (SSSR count). The molecule has 0 aromatic rings. The Morgan fingerprint density at radius 1 is 0.625 bits per heavy atom. The fraction of sp³-hybridized carbons (Fsp3) is 0.952. The van der Waals surface area contributed by atoms with Crippen molar-refractivity contribution in [1.82, 2.24) is 5.32 Å². The molecule has 0 saturated carbocycles. The molecule has 1 nitrogen and oxygen atoms in total. The summed E-state index contributed by atoms with van der Waals surface area (Å²) in [5, 5.41) is 3.41. The number of thiocarbonyl (C=S) groups is 1. The summed E-state index contributed by atoms with van der Waals surface area (Å²) in [4.78, 5) is 0. The van der Waals surface area contributed by atoms with E-state index in [0.29, 0.717) is 0 Å². The minimum absolute atomic E-state index is 1.01. The van der Waals surface area contributed by atoms with Crippen LogP contribution >= 0.6 is 24.0 Å². The zero-order valence-electron chi connectivity index (χ0n) is 16.5. The normalized spacial score (nSPS) is 10.9. The van der Waals surface area contributed by atoms with Gasteiger partial charge in [-0.3, -0.25) is 0 Å². The Bertz CT molecular complexity index is 232. The Morgan fingerprint density at radius 3 is 1.54 bits per heavy atom. The fourth-order valence-electron chi connectivity index (χ4n) is 2.90. The van der Waals surface area contributed by atoms with Gasteiger partial charge in [-0.15, -0.1) is 0 Å². The number of unbranched alkanes of at least 4 members (excludes halogenated alkanes) is 14. The van der Waals surface area contributed by atoms with Gasteiger partial charge >= 0.3 is 0 Å². The molecule has 0 aromatic heterocycles. The first kappa shape index (κ1) is 24.2. The second-order valence-corrected chi connectivity index (χ2v) is 8.78. The van der Waals surface area contributed by atoms with Crippen LogP contribution in [0.25, 0.3) is 0 Å². The molecule has 0 spiro atoms. The summed E-state index contributed by atoms with van der Waals surface area (Å²) >= 11 is 7.25. The Morgan fingerprint density at radius 2 is 1.04 bits per heavy atom. The van der Waals surface area contributed by atoms with Gasteiger partial charge in [0.1, 0.15) is 4.32 Å². The topological polar surface area (TPSA) is 12.0 Å². The first-order valence-corrected chi connectivity index (χ1v) is 12.1. The number of rotatable bonds is 18. The number of nitrogens with one attached hydrogen (secondary N) is 1. The van der Waals surface area contributed by atoms with Crippen molar-refractivity contribution >= 4 is 28.3 Å². The summed E-state index contributed by atoms with van der Waals surface area (Å²) in [6.07, 6.45) is 22.2. The third-order valence-electron chi connectivity index (χ3n) is 4.53. The number of hydrogen-bond acceptors (Lipinski definition) is 2. The van der Waals surface area contributed by atoms with Crippen molar-refractivity contribution in [1.29, 1.82) is 0 Å². The highest BCUT2D eigenvalue weighted by atomic mass is 32.2. The molecule has 0 aliphatic heterocycles. The molecule has 24 heavy (non-hydrogen) atoms. The lowest BCUT2D eigenvalue weighted by Crippen LogP contribution is -2.19. The molecule has 0 saturated heterocycles. The van der Waals surface area contributed by atoms with E-state index in [9.17, 15) is 0 Å². The summed E-state index contributed by atoms with van der Waals surface area (Å²) in [7, 11) is 0. The van der Waals surface area contributed by atoms with Gasteiger partial charge in [-0.05, 0) is 12.8 Å². The van der Waals surface area contributed by atoms with Gasteiger partial charge in [-0.25, -0.2) is 0 Å². The van der Waals surface area contributed by atoms with E-state index in [1.807, 2.05) is 11.8 Å². The third-order valence-corrected chi connectivity index (χ3v) is 5.93. The Kier molecular flexibility index (Phi) is 21.5. The maximum atomic E-state index is 5.40. The van der Waals surface area contributed by atoms with Crippen LogP contribution in [0.4, 0.5) is 0 Å². The summed E-state index contributed by atoms with van der Waals surface area (Å²) in [5.41, 5.74) is 0. The molecule has 0 atom stereocenters. The van der Waals surface area contributed by atoms with Crippen LogP contribution < -0.4 is 5.32 Å². The molecule has 0 unspecified atom stereocenters. The minimum Gasteiger partial charge on any atom is -0.371 e. The average molecular weight is 374 g/mol. The molecule has 0 bridgehead atoms. The van der Waals surface area contributed by atoms with E-state index < -0.39 is 0 Å². The first-order chi connectivity index (χ1) is 11.8. The number of hydrogen-bond donors (Lipinski definition) is 1. The van der Waals surface area contributed by atoms with Crippen molar-refractivity contribution in [3.8, 4) is 0 Å². The van der Waals surface area contributed by atoms with E-state index in [-0.39, 0.29) is 0 Å². The van der Waals surface area contributed by atoms with Gasteiger partial charge in [-0.1, -0.05) is 128 Å². The highest BCUT2D eigenvalue weighted by molar-refractivity contribution is 8.22. The van der Waals surface area contributed by atoms with Crippen molar-refractivity contribution in [2.45, 2.75) is 117 Å². The van der Waals surface area contributed by atoms with E-state index in [2.05, 4.69) is 19.2 Å². The van der Waals surface area contributed by atoms with Crippen molar-refractivity contribution in [3.05, 3.63) is 0 Å². The predicted octanol–water partition coefficient (Wildman–Crippen LogP) is 7.88. The predicted molar refractivity (Wildman–Crippen MR) is 118 cm³/mol. The zero-order valence-corrected chi connectivity index (χ0v) is 18.2. The van der Waals surface area contributed by atoms with E-state index in [0.717, 1.165) is 10.9 Å². The molecule has 1 N–H and O–H groups in total. The molecule has 0 aliphatic rings. The largest absolute Gasteiger partial charge is 0.371 e. The van der Waals surface area contributed by atoms with Crippen LogP contribution in [0, 0.1) is 0 Å². The van der Waals surface area contributed by atoms with E-state index in [1.54, 1.807) is 0 Å². The van der Waals surface area contributed by atoms with Crippen LogP contribution in [-0.2, 0) is 0 Å². The second-order valence-electron chi connectivity index (χ2n) is 7.01. The van der Waals surface area contributed by atoms with Crippen molar-refractivity contribution in [2.75, 3.05) is 12.3 Å². The summed E-state index contributed by atoms with van der Waals surface area (Å²) in [6, 6.07) is 0. The summed E-state index contributed by atoms with van der Waals surface area (Å²) in [6.45, 7) is 5.63. The van der Waals surface area contributed by atoms with Gasteiger partial charge in [0.05, 0.1) is 0 Å². The molecule has 0 radical (unpaired) electrons. The van der Waals surface area contributed by atoms with Gasteiger partial charge in [0.15, 0.2) is 0 Å². The van der Waals surface area contributed by atoms with Gasteiger partial charge in [0.2, 0.25) is 0 Å². The van der Waals surface area contributed by atoms with Crippen LogP contribution in [0.5, 0.6) is 0 Å². The molecule has 0 fully saturated rings. The maximum Gasteiger partial charge on any atom is 0.133 e. The van der Waals surface area contributed by atoms with Crippen molar-refractivity contribution in [2.24, 2.45) is 0 Å². The van der Waals surface area contributed by atoms with Crippen LogP contribution in [0.2, 0.25) is 0 Å². The Labute approximate surface area is 162 Å². The monoisotopic (exact) mass is 373 g/mol. The standard InChI is InChI=1S/C21H43NS2/c1-3-5-7-9-11-13-15-17-19-22-21(23)24-20-18-16-14-12-10-8-6-4-2/h3-20H2,1-2H3,(H,22,23). The average Bonchev–Trinajstić information content (AvgIpc) is 2.59. The van der Waals surface area contributed by atoms with Crippen LogP contribution in [0.15, 0.2) is 0 Å². The smallest absolute Gasteiger partial charge is 0.133 e. The molecular weight excluding hydrogens is 330 g/mol. The molecule has 3 heteroatoms. The highest BCUT2D eigenvalue weighted by Crippen LogP contribution is 2.12. The maximum absolute atomic E-state index is 5.40. The van der Waals surface area contributed by atoms with E-state index >= 15 is 0 Å². The molecule has 144 valence electrons. The first-order valence-electron chi connectivity index (χ1n) is 10.7. The lowest BCUT2D eigenvalue weighted by atomic mass is 10.1. The van der Waals surface area contributed by atoms with Crippen LogP contribution in [0.3, 0.4) is 0 Å². The van der Waals surface area contributed by atoms with Gasteiger partial charge in [-0.2, -0.15) is 0 Å². The minimum atomic E-state index is 1.01. The third kappa shape index (κ3) is 20.3. The van der Waals surface area contributed by atoms with E-state index in [1.165, 1.54) is 108 Å². The molecule has 0 aromatic carbocycles. The van der Waals surface area contributed by atoms with Gasteiger partial charge < -0.3 is 5.32 Å². The fourth-order valence-corrected chi connectivity index (χ4v) is 3.99. The second kappa shape index (κ2) is 21.3. The zero-order chi connectivity index (χ0) is 17.7.